The predicted molar refractivity (Wildman–Crippen MR) is 58.1 cm³/mol. The standard InChI is InChI=1S/C8H7BrClF3N2O2/c9-5-6(10)14-4-15(7(5)16)1-2-17-3-8(11,12)13/h4H,1-3H2. The van der Waals surface area contributed by atoms with Gasteiger partial charge in [0.05, 0.1) is 19.5 Å². The lowest BCUT2D eigenvalue weighted by atomic mass is 10.6. The Bertz CT molecular complexity index is 449. The van der Waals surface area contributed by atoms with E-state index in [4.69, 9.17) is 11.6 Å². The van der Waals surface area contributed by atoms with Gasteiger partial charge in [0.25, 0.3) is 5.56 Å². The largest absolute Gasteiger partial charge is 0.411 e. The van der Waals surface area contributed by atoms with Crippen LogP contribution < -0.4 is 5.56 Å². The molecule has 9 heteroatoms. The number of rotatable bonds is 4. The van der Waals surface area contributed by atoms with Crippen LogP contribution in [-0.4, -0.2) is 28.9 Å². The van der Waals surface area contributed by atoms with Crippen LogP contribution >= 0.6 is 27.5 Å². The summed E-state index contributed by atoms with van der Waals surface area (Å²) in [5.74, 6) is 0. The van der Waals surface area contributed by atoms with E-state index in [0.29, 0.717) is 0 Å². The average molecular weight is 336 g/mol. The first kappa shape index (κ1) is 14.5. The Morgan fingerprint density at radius 1 is 1.53 bits per heavy atom. The van der Waals surface area contributed by atoms with Crippen LogP contribution in [0.5, 0.6) is 0 Å². The van der Waals surface area contributed by atoms with Crippen LogP contribution in [0.1, 0.15) is 0 Å². The summed E-state index contributed by atoms with van der Waals surface area (Å²) in [6.07, 6.45) is -3.23. The molecule has 0 aliphatic carbocycles. The molecule has 0 fully saturated rings. The van der Waals surface area contributed by atoms with E-state index < -0.39 is 18.3 Å². The third-order valence-electron chi connectivity index (χ3n) is 1.68. The maximum absolute atomic E-state index is 11.7. The second-order valence-electron chi connectivity index (χ2n) is 3.02. The summed E-state index contributed by atoms with van der Waals surface area (Å²) in [7, 11) is 0. The van der Waals surface area contributed by atoms with Gasteiger partial charge < -0.3 is 4.74 Å². The second-order valence-corrected chi connectivity index (χ2v) is 4.17. The zero-order valence-corrected chi connectivity index (χ0v) is 10.6. The van der Waals surface area contributed by atoms with Crippen molar-refractivity contribution < 1.29 is 17.9 Å². The van der Waals surface area contributed by atoms with E-state index in [1.807, 2.05) is 0 Å². The molecule has 1 rings (SSSR count). The number of ether oxygens (including phenoxy) is 1. The number of halogens is 5. The molecule has 0 bridgehead atoms. The summed E-state index contributed by atoms with van der Waals surface area (Å²) in [5, 5.41) is 0.00228. The molecule has 0 N–H and O–H groups in total. The first-order chi connectivity index (χ1) is 7.81. The fraction of sp³-hybridized carbons (Fsp3) is 0.500. The number of alkyl halides is 3. The fourth-order valence-electron chi connectivity index (χ4n) is 0.954. The van der Waals surface area contributed by atoms with E-state index in [1.54, 1.807) is 0 Å². The highest BCUT2D eigenvalue weighted by Gasteiger charge is 2.27. The molecule has 4 nitrogen and oxygen atoms in total. The normalized spacial score (nSPS) is 11.8. The molecule has 0 aliphatic heterocycles. The Labute approximate surface area is 107 Å². The maximum Gasteiger partial charge on any atom is 0.411 e. The third-order valence-corrected chi connectivity index (χ3v) is 2.91. The lowest BCUT2D eigenvalue weighted by Crippen LogP contribution is -2.25. The smallest absolute Gasteiger partial charge is 0.370 e. The zero-order valence-electron chi connectivity index (χ0n) is 8.30. The van der Waals surface area contributed by atoms with E-state index >= 15 is 0 Å². The van der Waals surface area contributed by atoms with Gasteiger partial charge in [-0.15, -0.1) is 0 Å². The predicted octanol–water partition coefficient (Wildman–Crippen LogP) is 2.24. The summed E-state index contributed by atoms with van der Waals surface area (Å²) in [6.45, 7) is -1.61. The van der Waals surface area contributed by atoms with Gasteiger partial charge in [0, 0.05) is 0 Å². The monoisotopic (exact) mass is 334 g/mol. The van der Waals surface area contributed by atoms with Crippen LogP contribution in [-0.2, 0) is 11.3 Å². The highest BCUT2D eigenvalue weighted by atomic mass is 79.9. The van der Waals surface area contributed by atoms with E-state index in [1.165, 1.54) is 0 Å². The van der Waals surface area contributed by atoms with Crippen LogP contribution in [0.15, 0.2) is 15.6 Å². The Morgan fingerprint density at radius 3 is 2.76 bits per heavy atom. The minimum atomic E-state index is -4.37. The second kappa shape index (κ2) is 5.83. The molecule has 0 spiro atoms. The van der Waals surface area contributed by atoms with E-state index in [0.717, 1.165) is 10.9 Å². The van der Waals surface area contributed by atoms with Crippen molar-refractivity contribution in [2.75, 3.05) is 13.2 Å². The van der Waals surface area contributed by atoms with Crippen LogP contribution in [0.25, 0.3) is 0 Å². The Kier molecular flexibility index (Phi) is 4.96. The van der Waals surface area contributed by atoms with Crippen molar-refractivity contribution in [2.45, 2.75) is 12.7 Å². The molecule has 17 heavy (non-hydrogen) atoms. The molecule has 0 saturated heterocycles. The number of nitrogens with zero attached hydrogens (tertiary/aromatic N) is 2. The van der Waals surface area contributed by atoms with Crippen LogP contribution in [0.4, 0.5) is 13.2 Å². The molecule has 0 unspecified atom stereocenters. The number of hydrogen-bond donors (Lipinski definition) is 0. The fourth-order valence-corrected chi connectivity index (χ4v) is 1.41. The van der Waals surface area contributed by atoms with Gasteiger partial charge in [0.15, 0.2) is 5.15 Å². The number of aromatic nitrogens is 2. The molecule has 0 saturated carbocycles. The molecule has 0 atom stereocenters. The van der Waals surface area contributed by atoms with Crippen molar-refractivity contribution in [1.82, 2.24) is 9.55 Å². The van der Waals surface area contributed by atoms with Crippen LogP contribution in [0, 0.1) is 0 Å². The van der Waals surface area contributed by atoms with Crippen molar-refractivity contribution in [3.05, 3.63) is 26.3 Å². The van der Waals surface area contributed by atoms with Crippen molar-refractivity contribution in [3.63, 3.8) is 0 Å². The summed E-state index contributed by atoms with van der Waals surface area (Å²) >= 11 is 8.48. The Morgan fingerprint density at radius 2 is 2.18 bits per heavy atom. The zero-order chi connectivity index (χ0) is 13.1. The summed E-state index contributed by atoms with van der Waals surface area (Å²) in [5.41, 5.74) is -0.472. The molecule has 1 aromatic rings. The van der Waals surface area contributed by atoms with Gasteiger partial charge in [-0.05, 0) is 15.9 Å². The van der Waals surface area contributed by atoms with Crippen molar-refractivity contribution in [2.24, 2.45) is 0 Å². The summed E-state index contributed by atoms with van der Waals surface area (Å²) < 4.78 is 40.8. The van der Waals surface area contributed by atoms with Gasteiger partial charge in [-0.2, -0.15) is 13.2 Å². The maximum atomic E-state index is 11.7. The summed E-state index contributed by atoms with van der Waals surface area (Å²) in [4.78, 5) is 15.2. The SMILES string of the molecule is O=c1c(Br)c(Cl)ncn1CCOCC(F)(F)F. The Hall–Kier alpha value is -0.600. The topological polar surface area (TPSA) is 44.1 Å². The van der Waals surface area contributed by atoms with Gasteiger partial charge >= 0.3 is 6.18 Å². The highest BCUT2D eigenvalue weighted by Crippen LogP contribution is 2.15. The van der Waals surface area contributed by atoms with E-state index in [9.17, 15) is 18.0 Å². The molecule has 0 aromatic carbocycles. The van der Waals surface area contributed by atoms with E-state index in [-0.39, 0.29) is 22.8 Å². The third kappa shape index (κ3) is 4.64. The summed E-state index contributed by atoms with van der Waals surface area (Å²) in [6, 6.07) is 0. The van der Waals surface area contributed by atoms with Gasteiger partial charge in [-0.25, -0.2) is 4.98 Å². The van der Waals surface area contributed by atoms with Crippen molar-refractivity contribution >= 4 is 27.5 Å². The quantitative estimate of drug-likeness (QED) is 0.626. The van der Waals surface area contributed by atoms with Gasteiger partial charge in [0.2, 0.25) is 0 Å². The van der Waals surface area contributed by atoms with Gasteiger partial charge in [0.1, 0.15) is 11.1 Å². The highest BCUT2D eigenvalue weighted by molar-refractivity contribution is 9.10. The molecule has 0 radical (unpaired) electrons. The first-order valence-electron chi connectivity index (χ1n) is 4.36. The van der Waals surface area contributed by atoms with Crippen LogP contribution in [0.2, 0.25) is 5.15 Å². The van der Waals surface area contributed by atoms with Crippen molar-refractivity contribution in [3.8, 4) is 0 Å². The molecular formula is C8H7BrClF3N2O2. The molecule has 1 heterocycles. The first-order valence-corrected chi connectivity index (χ1v) is 5.53. The molecule has 0 amide bonds. The molecule has 0 aliphatic rings. The van der Waals surface area contributed by atoms with Gasteiger partial charge in [-0.1, -0.05) is 11.6 Å². The minimum Gasteiger partial charge on any atom is -0.370 e. The average Bonchev–Trinajstić information content (AvgIpc) is 2.22. The minimum absolute atomic E-state index is 0.00228. The lowest BCUT2D eigenvalue weighted by Gasteiger charge is -2.09. The number of hydrogen-bond acceptors (Lipinski definition) is 3. The van der Waals surface area contributed by atoms with Crippen molar-refractivity contribution in [1.29, 1.82) is 0 Å². The Balaban J connectivity index is 2.54. The lowest BCUT2D eigenvalue weighted by molar-refractivity contribution is -0.174. The van der Waals surface area contributed by atoms with E-state index in [2.05, 4.69) is 25.7 Å². The van der Waals surface area contributed by atoms with Gasteiger partial charge in [-0.3, -0.25) is 9.36 Å². The van der Waals surface area contributed by atoms with Crippen LogP contribution in [0.3, 0.4) is 0 Å². The molecule has 96 valence electrons. The molecular weight excluding hydrogens is 328 g/mol. The molecule has 1 aromatic heterocycles.